The first kappa shape index (κ1) is 15.4. The fraction of sp³-hybridized carbons (Fsp3) is 0.133. The predicted octanol–water partition coefficient (Wildman–Crippen LogP) is 4.17. The smallest absolute Gasteiger partial charge is 0.175 e. The minimum atomic E-state index is 0.417. The van der Waals surface area contributed by atoms with Gasteiger partial charge in [-0.3, -0.25) is 0 Å². The molecule has 0 amide bonds. The molecule has 6 heteroatoms. The SMILES string of the molecule is COc1ccccc1NC(=S)Nc1cc(Cl)ccc1OC. The highest BCUT2D eigenvalue weighted by molar-refractivity contribution is 7.80. The van der Waals surface area contributed by atoms with Crippen LogP contribution in [0.4, 0.5) is 11.4 Å². The van der Waals surface area contributed by atoms with E-state index in [2.05, 4.69) is 10.6 Å². The van der Waals surface area contributed by atoms with Crippen LogP contribution in [0.3, 0.4) is 0 Å². The van der Waals surface area contributed by atoms with Crippen molar-refractivity contribution in [2.75, 3.05) is 24.9 Å². The molecule has 0 spiro atoms. The molecular weight excluding hydrogens is 308 g/mol. The van der Waals surface area contributed by atoms with Gasteiger partial charge in [0.25, 0.3) is 0 Å². The average Bonchev–Trinajstić information content (AvgIpc) is 2.48. The molecule has 110 valence electrons. The third-order valence-electron chi connectivity index (χ3n) is 2.76. The molecule has 0 aromatic heterocycles. The largest absolute Gasteiger partial charge is 0.495 e. The van der Waals surface area contributed by atoms with E-state index in [0.717, 1.165) is 5.69 Å². The van der Waals surface area contributed by atoms with Crippen LogP contribution in [0.25, 0.3) is 0 Å². The molecule has 0 atom stereocenters. The molecule has 2 N–H and O–H groups in total. The molecule has 0 heterocycles. The molecule has 0 aliphatic carbocycles. The highest BCUT2D eigenvalue weighted by Gasteiger charge is 2.08. The standard InChI is InChI=1S/C15H15ClN2O2S/c1-19-13-6-4-3-5-11(13)17-15(21)18-12-9-10(16)7-8-14(12)20-2/h3-9H,1-2H3,(H2,17,18,21). The molecule has 0 bridgehead atoms. The zero-order chi connectivity index (χ0) is 15.2. The predicted molar refractivity (Wildman–Crippen MR) is 90.8 cm³/mol. The van der Waals surface area contributed by atoms with Crippen LogP contribution < -0.4 is 20.1 Å². The summed E-state index contributed by atoms with van der Waals surface area (Å²) in [7, 11) is 3.20. The van der Waals surface area contributed by atoms with Gasteiger partial charge in [0.1, 0.15) is 11.5 Å². The third-order valence-corrected chi connectivity index (χ3v) is 3.20. The normalized spacial score (nSPS) is 9.86. The van der Waals surface area contributed by atoms with Gasteiger partial charge < -0.3 is 20.1 Å². The Morgan fingerprint density at radius 2 is 1.57 bits per heavy atom. The van der Waals surface area contributed by atoms with Crippen molar-refractivity contribution in [1.82, 2.24) is 0 Å². The van der Waals surface area contributed by atoms with Crippen molar-refractivity contribution in [3.8, 4) is 11.5 Å². The minimum Gasteiger partial charge on any atom is -0.495 e. The van der Waals surface area contributed by atoms with Gasteiger partial charge in [0.2, 0.25) is 0 Å². The number of thiocarbonyl (C=S) groups is 1. The van der Waals surface area contributed by atoms with Crippen molar-refractivity contribution in [1.29, 1.82) is 0 Å². The van der Waals surface area contributed by atoms with Crippen LogP contribution in [0.15, 0.2) is 42.5 Å². The van der Waals surface area contributed by atoms with Crippen molar-refractivity contribution in [3.05, 3.63) is 47.5 Å². The molecule has 2 aromatic rings. The number of anilines is 2. The van der Waals surface area contributed by atoms with E-state index in [-0.39, 0.29) is 0 Å². The van der Waals surface area contributed by atoms with Crippen molar-refractivity contribution in [2.24, 2.45) is 0 Å². The number of rotatable bonds is 4. The number of hydrogen-bond acceptors (Lipinski definition) is 3. The second-order valence-electron chi connectivity index (χ2n) is 4.12. The van der Waals surface area contributed by atoms with Gasteiger partial charge >= 0.3 is 0 Å². The first-order valence-corrected chi connectivity index (χ1v) is 6.97. The van der Waals surface area contributed by atoms with Gasteiger partial charge in [-0.05, 0) is 42.5 Å². The number of ether oxygens (including phenoxy) is 2. The molecule has 4 nitrogen and oxygen atoms in total. The number of methoxy groups -OCH3 is 2. The number of halogens is 1. The Labute approximate surface area is 134 Å². The van der Waals surface area contributed by atoms with E-state index in [1.807, 2.05) is 24.3 Å². The fourth-order valence-electron chi connectivity index (χ4n) is 1.80. The van der Waals surface area contributed by atoms with Gasteiger partial charge in [0, 0.05) is 5.02 Å². The molecular formula is C15H15ClN2O2S. The summed E-state index contributed by atoms with van der Waals surface area (Å²) < 4.78 is 10.5. The lowest BCUT2D eigenvalue weighted by atomic mass is 10.3. The average molecular weight is 323 g/mol. The van der Waals surface area contributed by atoms with E-state index >= 15 is 0 Å². The zero-order valence-electron chi connectivity index (χ0n) is 11.6. The molecule has 0 radical (unpaired) electrons. The Bertz CT molecular complexity index is 649. The summed E-state index contributed by atoms with van der Waals surface area (Å²) in [5.74, 6) is 1.36. The highest BCUT2D eigenvalue weighted by atomic mass is 35.5. The van der Waals surface area contributed by atoms with Crippen LogP contribution >= 0.6 is 23.8 Å². The van der Waals surface area contributed by atoms with Gasteiger partial charge in [-0.2, -0.15) is 0 Å². The molecule has 0 saturated carbocycles. The first-order chi connectivity index (χ1) is 10.1. The lowest BCUT2D eigenvalue weighted by Crippen LogP contribution is -2.19. The number of nitrogens with one attached hydrogen (secondary N) is 2. The quantitative estimate of drug-likeness (QED) is 0.827. The number of hydrogen-bond donors (Lipinski definition) is 2. The van der Waals surface area contributed by atoms with E-state index < -0.39 is 0 Å². The van der Waals surface area contributed by atoms with Gasteiger partial charge in [0.15, 0.2) is 5.11 Å². The number of para-hydroxylation sites is 2. The molecule has 2 aromatic carbocycles. The van der Waals surface area contributed by atoms with Crippen molar-refractivity contribution in [3.63, 3.8) is 0 Å². The van der Waals surface area contributed by atoms with Gasteiger partial charge in [-0.15, -0.1) is 0 Å². The maximum absolute atomic E-state index is 5.99. The Kier molecular flexibility index (Phi) is 5.25. The second kappa shape index (κ2) is 7.15. The Morgan fingerprint density at radius 3 is 2.29 bits per heavy atom. The van der Waals surface area contributed by atoms with Crippen molar-refractivity contribution >= 4 is 40.3 Å². The summed E-state index contributed by atoms with van der Waals surface area (Å²) in [6.07, 6.45) is 0. The van der Waals surface area contributed by atoms with Crippen LogP contribution in [0.1, 0.15) is 0 Å². The molecule has 0 saturated heterocycles. The third kappa shape index (κ3) is 4.00. The minimum absolute atomic E-state index is 0.417. The molecule has 0 unspecified atom stereocenters. The second-order valence-corrected chi connectivity index (χ2v) is 4.97. The van der Waals surface area contributed by atoms with Gasteiger partial charge in [0.05, 0.1) is 25.6 Å². The maximum Gasteiger partial charge on any atom is 0.175 e. The Hall–Kier alpha value is -1.98. The summed E-state index contributed by atoms with van der Waals surface area (Å²) in [6.45, 7) is 0. The first-order valence-electron chi connectivity index (χ1n) is 6.18. The van der Waals surface area contributed by atoms with E-state index in [4.69, 9.17) is 33.3 Å². The van der Waals surface area contributed by atoms with E-state index in [9.17, 15) is 0 Å². The molecule has 0 aliphatic heterocycles. The molecule has 2 rings (SSSR count). The molecule has 0 aliphatic rings. The van der Waals surface area contributed by atoms with Crippen LogP contribution in [0, 0.1) is 0 Å². The van der Waals surface area contributed by atoms with E-state index in [1.165, 1.54) is 0 Å². The summed E-state index contributed by atoms with van der Waals surface area (Å²) in [6, 6.07) is 12.8. The van der Waals surface area contributed by atoms with Crippen molar-refractivity contribution < 1.29 is 9.47 Å². The topological polar surface area (TPSA) is 42.5 Å². The maximum atomic E-state index is 5.99. The van der Waals surface area contributed by atoms with Crippen molar-refractivity contribution in [2.45, 2.75) is 0 Å². The molecule has 0 fully saturated rings. The Morgan fingerprint density at radius 1 is 0.952 bits per heavy atom. The summed E-state index contributed by atoms with van der Waals surface area (Å²) >= 11 is 11.3. The van der Waals surface area contributed by atoms with Crippen LogP contribution in [-0.4, -0.2) is 19.3 Å². The van der Waals surface area contributed by atoms with Gasteiger partial charge in [-0.25, -0.2) is 0 Å². The monoisotopic (exact) mass is 322 g/mol. The van der Waals surface area contributed by atoms with Gasteiger partial charge in [-0.1, -0.05) is 23.7 Å². The summed E-state index contributed by atoms with van der Waals surface area (Å²) in [4.78, 5) is 0. The zero-order valence-corrected chi connectivity index (χ0v) is 13.2. The van der Waals surface area contributed by atoms with E-state index in [0.29, 0.717) is 27.3 Å². The lowest BCUT2D eigenvalue weighted by Gasteiger charge is -2.15. The molecule has 21 heavy (non-hydrogen) atoms. The Balaban J connectivity index is 2.13. The van der Waals surface area contributed by atoms with Crippen LogP contribution in [0.2, 0.25) is 5.02 Å². The van der Waals surface area contributed by atoms with Crippen LogP contribution in [-0.2, 0) is 0 Å². The summed E-state index contributed by atoms with van der Waals surface area (Å²) in [5, 5.41) is 7.15. The number of benzene rings is 2. The van der Waals surface area contributed by atoms with E-state index in [1.54, 1.807) is 32.4 Å². The summed E-state index contributed by atoms with van der Waals surface area (Å²) in [5.41, 5.74) is 1.47. The highest BCUT2D eigenvalue weighted by Crippen LogP contribution is 2.28. The lowest BCUT2D eigenvalue weighted by molar-refractivity contribution is 0.417. The van der Waals surface area contributed by atoms with Crippen LogP contribution in [0.5, 0.6) is 11.5 Å². The fourth-order valence-corrected chi connectivity index (χ4v) is 2.19.